The van der Waals surface area contributed by atoms with E-state index in [4.69, 9.17) is 0 Å². The van der Waals surface area contributed by atoms with Gasteiger partial charge in [0.2, 0.25) is 0 Å². The van der Waals surface area contributed by atoms with E-state index in [1.165, 1.54) is 0 Å². The van der Waals surface area contributed by atoms with Gasteiger partial charge in [-0.05, 0) is 11.5 Å². The Morgan fingerprint density at radius 1 is 1.35 bits per heavy atom. The Kier molecular flexibility index (Phi) is 4.53. The van der Waals surface area contributed by atoms with E-state index in [0.717, 1.165) is 16.8 Å². The third-order valence-electron chi connectivity index (χ3n) is 3.23. The normalized spacial score (nSPS) is 12.6. The van der Waals surface area contributed by atoms with Crippen LogP contribution in [-0.2, 0) is 11.3 Å². The van der Waals surface area contributed by atoms with Crippen LogP contribution in [0.1, 0.15) is 19.4 Å². The maximum absolute atomic E-state index is 11.2. The van der Waals surface area contributed by atoms with Gasteiger partial charge >= 0.3 is 5.97 Å². The Morgan fingerprint density at radius 2 is 2.05 bits per heavy atom. The number of aromatic amines is 1. The summed E-state index contributed by atoms with van der Waals surface area (Å²) >= 11 is 0. The summed E-state index contributed by atoms with van der Waals surface area (Å²) in [6, 6.07) is 9.30. The molecule has 5 heteroatoms. The van der Waals surface area contributed by atoms with Crippen molar-refractivity contribution in [3.05, 3.63) is 42.1 Å². The van der Waals surface area contributed by atoms with E-state index < -0.39 is 12.0 Å². The highest BCUT2D eigenvalue weighted by Crippen LogP contribution is 2.20. The second-order valence-electron chi connectivity index (χ2n) is 5.08. The molecule has 2 aromatic rings. The van der Waals surface area contributed by atoms with Crippen LogP contribution in [0.15, 0.2) is 36.5 Å². The van der Waals surface area contributed by atoms with Crippen LogP contribution in [0.2, 0.25) is 0 Å². The van der Waals surface area contributed by atoms with Crippen LogP contribution < -0.4 is 5.32 Å². The van der Waals surface area contributed by atoms with Gasteiger partial charge in [0, 0.05) is 12.1 Å². The molecule has 20 heavy (non-hydrogen) atoms. The third-order valence-corrected chi connectivity index (χ3v) is 3.23. The number of rotatable bonds is 6. The van der Waals surface area contributed by atoms with Crippen LogP contribution in [0, 0.1) is 5.92 Å². The fourth-order valence-corrected chi connectivity index (χ4v) is 2.13. The molecule has 0 aliphatic carbocycles. The zero-order chi connectivity index (χ0) is 14.5. The maximum atomic E-state index is 11.2. The molecule has 1 aromatic heterocycles. The molecule has 0 saturated heterocycles. The number of H-pyrrole nitrogens is 1. The largest absolute Gasteiger partial charge is 0.480 e. The van der Waals surface area contributed by atoms with Gasteiger partial charge in [0.05, 0.1) is 11.9 Å². The number of aromatic nitrogens is 2. The fourth-order valence-electron chi connectivity index (χ4n) is 2.13. The number of nitrogens with one attached hydrogen (secondary N) is 2. The quantitative estimate of drug-likeness (QED) is 0.754. The molecule has 1 aromatic carbocycles. The Hall–Kier alpha value is -2.14. The Bertz CT molecular complexity index is 564. The average molecular weight is 273 g/mol. The van der Waals surface area contributed by atoms with Crippen molar-refractivity contribution in [2.75, 3.05) is 0 Å². The van der Waals surface area contributed by atoms with Crippen molar-refractivity contribution in [1.82, 2.24) is 15.5 Å². The lowest BCUT2D eigenvalue weighted by Gasteiger charge is -2.17. The number of aliphatic carboxylic acids is 1. The summed E-state index contributed by atoms with van der Waals surface area (Å²) in [5.41, 5.74) is 2.92. The number of nitrogens with zero attached hydrogens (tertiary/aromatic N) is 1. The number of hydrogen-bond acceptors (Lipinski definition) is 3. The van der Waals surface area contributed by atoms with Crippen LogP contribution in [-0.4, -0.2) is 27.3 Å². The van der Waals surface area contributed by atoms with Crippen molar-refractivity contribution in [1.29, 1.82) is 0 Å². The van der Waals surface area contributed by atoms with E-state index in [2.05, 4.69) is 15.5 Å². The second kappa shape index (κ2) is 6.34. The van der Waals surface area contributed by atoms with Crippen molar-refractivity contribution >= 4 is 5.97 Å². The lowest BCUT2D eigenvalue weighted by Crippen LogP contribution is -2.40. The summed E-state index contributed by atoms with van der Waals surface area (Å²) in [6.07, 6.45) is 1.73. The molecule has 2 rings (SSSR count). The maximum Gasteiger partial charge on any atom is 0.320 e. The first-order chi connectivity index (χ1) is 9.59. The SMILES string of the molecule is CC(C)C(NCc1cn[nH]c1-c1ccccc1)C(=O)O. The molecule has 0 radical (unpaired) electrons. The van der Waals surface area contributed by atoms with Crippen molar-refractivity contribution in [2.24, 2.45) is 5.92 Å². The first kappa shape index (κ1) is 14.3. The van der Waals surface area contributed by atoms with Gasteiger partial charge in [-0.25, -0.2) is 0 Å². The summed E-state index contributed by atoms with van der Waals surface area (Å²) in [5.74, 6) is -0.802. The van der Waals surface area contributed by atoms with Gasteiger partial charge in [-0.2, -0.15) is 5.10 Å². The summed E-state index contributed by atoms with van der Waals surface area (Å²) < 4.78 is 0. The molecule has 1 heterocycles. The topological polar surface area (TPSA) is 78.0 Å². The summed E-state index contributed by atoms with van der Waals surface area (Å²) in [4.78, 5) is 11.2. The van der Waals surface area contributed by atoms with Gasteiger partial charge in [-0.1, -0.05) is 44.2 Å². The van der Waals surface area contributed by atoms with Gasteiger partial charge in [0.1, 0.15) is 6.04 Å². The summed E-state index contributed by atoms with van der Waals surface area (Å²) in [6.45, 7) is 4.24. The van der Waals surface area contributed by atoms with Crippen LogP contribution in [0.4, 0.5) is 0 Å². The Balaban J connectivity index is 2.12. The van der Waals surface area contributed by atoms with Crippen molar-refractivity contribution < 1.29 is 9.90 Å². The van der Waals surface area contributed by atoms with Gasteiger partial charge in [-0.15, -0.1) is 0 Å². The molecular weight excluding hydrogens is 254 g/mol. The lowest BCUT2D eigenvalue weighted by atomic mass is 10.0. The minimum Gasteiger partial charge on any atom is -0.480 e. The molecule has 0 amide bonds. The van der Waals surface area contributed by atoms with E-state index in [1.807, 2.05) is 44.2 Å². The van der Waals surface area contributed by atoms with Gasteiger partial charge in [0.25, 0.3) is 0 Å². The molecule has 3 N–H and O–H groups in total. The van der Waals surface area contributed by atoms with Crippen LogP contribution in [0.25, 0.3) is 11.3 Å². The van der Waals surface area contributed by atoms with Crippen molar-refractivity contribution in [2.45, 2.75) is 26.4 Å². The molecule has 0 aliphatic heterocycles. The molecule has 0 saturated carbocycles. The van der Waals surface area contributed by atoms with E-state index in [9.17, 15) is 9.90 Å². The number of benzene rings is 1. The summed E-state index contributed by atoms with van der Waals surface area (Å²) in [5, 5.41) is 19.3. The smallest absolute Gasteiger partial charge is 0.320 e. The third kappa shape index (κ3) is 3.24. The second-order valence-corrected chi connectivity index (χ2v) is 5.08. The highest BCUT2D eigenvalue weighted by molar-refractivity contribution is 5.73. The van der Waals surface area contributed by atoms with Crippen LogP contribution in [0.5, 0.6) is 0 Å². The molecule has 0 fully saturated rings. The van der Waals surface area contributed by atoms with E-state index >= 15 is 0 Å². The number of carboxylic acid groups (broad SMARTS) is 1. The molecule has 0 spiro atoms. The van der Waals surface area contributed by atoms with Crippen LogP contribution in [0.3, 0.4) is 0 Å². The van der Waals surface area contributed by atoms with Gasteiger partial charge in [-0.3, -0.25) is 15.2 Å². The first-order valence-corrected chi connectivity index (χ1v) is 6.63. The van der Waals surface area contributed by atoms with Gasteiger partial charge in [0.15, 0.2) is 0 Å². The van der Waals surface area contributed by atoms with E-state index in [-0.39, 0.29) is 5.92 Å². The highest BCUT2D eigenvalue weighted by Gasteiger charge is 2.21. The standard InChI is InChI=1S/C15H19N3O2/c1-10(2)13(15(19)20)16-8-12-9-17-18-14(12)11-6-4-3-5-7-11/h3-7,9-10,13,16H,8H2,1-2H3,(H,17,18)(H,19,20). The minimum atomic E-state index is -0.829. The average Bonchev–Trinajstić information content (AvgIpc) is 2.87. The predicted octanol–water partition coefficient (Wildman–Crippen LogP) is 2.28. The lowest BCUT2D eigenvalue weighted by molar-refractivity contribution is -0.140. The van der Waals surface area contributed by atoms with Crippen LogP contribution >= 0.6 is 0 Å². The molecule has 106 valence electrons. The summed E-state index contributed by atoms with van der Waals surface area (Å²) in [7, 11) is 0. The van der Waals surface area contributed by atoms with Crippen molar-refractivity contribution in [3.63, 3.8) is 0 Å². The zero-order valence-corrected chi connectivity index (χ0v) is 11.6. The first-order valence-electron chi connectivity index (χ1n) is 6.63. The van der Waals surface area contributed by atoms with Gasteiger partial charge < -0.3 is 5.11 Å². The van der Waals surface area contributed by atoms with E-state index in [0.29, 0.717) is 6.54 Å². The Morgan fingerprint density at radius 3 is 2.65 bits per heavy atom. The molecule has 5 nitrogen and oxygen atoms in total. The molecule has 0 aliphatic rings. The highest BCUT2D eigenvalue weighted by atomic mass is 16.4. The molecule has 0 bridgehead atoms. The molecular formula is C15H19N3O2. The van der Waals surface area contributed by atoms with E-state index in [1.54, 1.807) is 6.20 Å². The number of carboxylic acids is 1. The monoisotopic (exact) mass is 273 g/mol. The Labute approximate surface area is 118 Å². The molecule has 1 unspecified atom stereocenters. The minimum absolute atomic E-state index is 0.0274. The molecule has 1 atom stereocenters. The predicted molar refractivity (Wildman–Crippen MR) is 77.1 cm³/mol. The zero-order valence-electron chi connectivity index (χ0n) is 11.6. The number of carbonyl (C=O) groups is 1. The van der Waals surface area contributed by atoms with Crippen molar-refractivity contribution in [3.8, 4) is 11.3 Å². The fraction of sp³-hybridized carbons (Fsp3) is 0.333. The number of hydrogen-bond donors (Lipinski definition) is 3.